The molecule has 2 aromatic carbocycles. The first-order valence-corrected chi connectivity index (χ1v) is 12.7. The van der Waals surface area contributed by atoms with Crippen LogP contribution in [0.15, 0.2) is 53.0 Å². The molecular weight excluding hydrogens is 514 g/mol. The number of halogens is 1. The molecule has 0 aromatic heterocycles. The molecule has 7 nitrogen and oxygen atoms in total. The second-order valence-electron chi connectivity index (χ2n) is 10.2. The zero-order chi connectivity index (χ0) is 25.3. The van der Waals surface area contributed by atoms with Crippen LogP contribution in [0, 0.1) is 17.8 Å². The summed E-state index contributed by atoms with van der Waals surface area (Å²) in [6.45, 7) is 7.95. The van der Waals surface area contributed by atoms with Crippen molar-refractivity contribution >= 4 is 28.0 Å². The lowest BCUT2D eigenvalue weighted by atomic mass is 9.70. The molecule has 2 heterocycles. The Hall–Kier alpha value is -2.58. The van der Waals surface area contributed by atoms with Gasteiger partial charge in [0.2, 0.25) is 0 Å². The van der Waals surface area contributed by atoms with Gasteiger partial charge in [-0.05, 0) is 49.9 Å². The van der Waals surface area contributed by atoms with Crippen molar-refractivity contribution in [2.75, 3.05) is 0 Å². The van der Waals surface area contributed by atoms with E-state index in [1.54, 1.807) is 0 Å². The Labute approximate surface area is 214 Å². The lowest BCUT2D eigenvalue weighted by Crippen LogP contribution is -2.59. The number of carbonyl (C=O) groups excluding carboxylic acids is 1. The summed E-state index contributed by atoms with van der Waals surface area (Å²) >= 11 is 3.53. The number of nitrogens with one attached hydrogen (secondary N) is 1. The highest BCUT2D eigenvalue weighted by Gasteiger charge is 2.54. The van der Waals surface area contributed by atoms with Gasteiger partial charge in [-0.25, -0.2) is 4.79 Å². The van der Waals surface area contributed by atoms with E-state index in [9.17, 15) is 14.7 Å². The van der Waals surface area contributed by atoms with Gasteiger partial charge in [0.05, 0.1) is 24.2 Å². The summed E-state index contributed by atoms with van der Waals surface area (Å²) in [6.07, 6.45) is -1.33. The predicted octanol–water partition coefficient (Wildman–Crippen LogP) is 5.72. The average molecular weight is 546 g/mol. The Morgan fingerprint density at radius 3 is 2.57 bits per heavy atom. The first kappa shape index (κ1) is 25.5. The highest BCUT2D eigenvalue weighted by atomic mass is 79.9. The summed E-state index contributed by atoms with van der Waals surface area (Å²) in [5, 5.41) is 13.1. The molecule has 2 aromatic rings. The van der Waals surface area contributed by atoms with Crippen LogP contribution in [0.3, 0.4) is 0 Å². The van der Waals surface area contributed by atoms with Gasteiger partial charge in [-0.1, -0.05) is 60.1 Å². The van der Waals surface area contributed by atoms with E-state index in [0.717, 1.165) is 21.3 Å². The standard InChI is InChI=1S/C27H32BrNO6/c1-15(2)22(29-26(32)33-14-16-8-6-5-7-9-16)24-19(25(30)31)13-20-23(34-24)18-12-17(28)10-11-21(18)35-27(20,3)4/h5-12,15,19-20,22-24H,13-14H2,1-4H3,(H,29,32)(H,30,31)/t19-,20+,22-,23-,24-/m0/s1. The maximum atomic E-state index is 12.7. The molecule has 8 heteroatoms. The van der Waals surface area contributed by atoms with Crippen molar-refractivity contribution in [1.82, 2.24) is 5.32 Å². The van der Waals surface area contributed by atoms with E-state index in [0.29, 0.717) is 6.42 Å². The normalized spacial score (nSPS) is 25.5. The molecule has 4 rings (SSSR count). The summed E-state index contributed by atoms with van der Waals surface area (Å²) in [4.78, 5) is 25.1. The van der Waals surface area contributed by atoms with Crippen LogP contribution >= 0.6 is 15.9 Å². The average Bonchev–Trinajstić information content (AvgIpc) is 2.81. The number of alkyl carbamates (subject to hydrolysis) is 1. The van der Waals surface area contributed by atoms with Gasteiger partial charge in [-0.2, -0.15) is 0 Å². The van der Waals surface area contributed by atoms with Gasteiger partial charge in [-0.3, -0.25) is 4.79 Å². The summed E-state index contributed by atoms with van der Waals surface area (Å²) in [6, 6.07) is 14.6. The number of amides is 1. The van der Waals surface area contributed by atoms with Crippen molar-refractivity contribution in [1.29, 1.82) is 0 Å². The third kappa shape index (κ3) is 5.48. The molecule has 35 heavy (non-hydrogen) atoms. The fourth-order valence-corrected chi connectivity index (χ4v) is 5.51. The molecule has 1 saturated heterocycles. The monoisotopic (exact) mass is 545 g/mol. The highest BCUT2D eigenvalue weighted by Crippen LogP contribution is 2.53. The van der Waals surface area contributed by atoms with Crippen LogP contribution in [0.25, 0.3) is 0 Å². The fraction of sp³-hybridized carbons (Fsp3) is 0.481. The molecule has 5 atom stereocenters. The van der Waals surface area contributed by atoms with Gasteiger partial charge in [0.25, 0.3) is 0 Å². The topological polar surface area (TPSA) is 94.1 Å². The first-order valence-electron chi connectivity index (χ1n) is 11.9. The number of carboxylic acids is 1. The van der Waals surface area contributed by atoms with Gasteiger partial charge < -0.3 is 24.6 Å². The van der Waals surface area contributed by atoms with Gasteiger partial charge in [-0.15, -0.1) is 0 Å². The predicted molar refractivity (Wildman–Crippen MR) is 134 cm³/mol. The molecular formula is C27H32BrNO6. The molecule has 1 amide bonds. The highest BCUT2D eigenvalue weighted by molar-refractivity contribution is 9.10. The summed E-state index contributed by atoms with van der Waals surface area (Å²) in [5.41, 5.74) is 1.14. The molecule has 0 bridgehead atoms. The summed E-state index contributed by atoms with van der Waals surface area (Å²) in [5.74, 6) is -1.29. The first-order chi connectivity index (χ1) is 16.6. The lowest BCUT2D eigenvalue weighted by molar-refractivity contribution is -0.195. The molecule has 0 saturated carbocycles. The molecule has 2 N–H and O–H groups in total. The van der Waals surface area contributed by atoms with E-state index < -0.39 is 35.7 Å². The lowest BCUT2D eigenvalue weighted by Gasteiger charge is -2.51. The number of aliphatic carboxylic acids is 1. The van der Waals surface area contributed by atoms with Crippen molar-refractivity contribution in [3.05, 3.63) is 64.1 Å². The van der Waals surface area contributed by atoms with Crippen LogP contribution in [-0.4, -0.2) is 34.9 Å². The number of benzene rings is 2. The minimum Gasteiger partial charge on any atom is -0.487 e. The molecule has 0 radical (unpaired) electrons. The maximum Gasteiger partial charge on any atom is 0.407 e. The Balaban J connectivity index is 1.59. The zero-order valence-electron chi connectivity index (χ0n) is 20.4. The quantitative estimate of drug-likeness (QED) is 0.482. The van der Waals surface area contributed by atoms with Gasteiger partial charge in [0, 0.05) is 16.0 Å². The fourth-order valence-electron chi connectivity index (χ4n) is 5.13. The number of ether oxygens (including phenoxy) is 3. The van der Waals surface area contributed by atoms with Crippen molar-refractivity contribution in [3.8, 4) is 5.75 Å². The number of carbonyl (C=O) groups is 2. The molecule has 0 unspecified atom stereocenters. The molecule has 1 fully saturated rings. The minimum atomic E-state index is -0.950. The molecule has 0 spiro atoms. The van der Waals surface area contributed by atoms with E-state index in [1.165, 1.54) is 0 Å². The zero-order valence-corrected chi connectivity index (χ0v) is 21.9. The summed E-state index contributed by atoms with van der Waals surface area (Å²) < 4.78 is 19.2. The minimum absolute atomic E-state index is 0.0856. The van der Waals surface area contributed by atoms with Gasteiger partial charge >= 0.3 is 12.1 Å². The molecule has 2 aliphatic rings. The smallest absolute Gasteiger partial charge is 0.407 e. The van der Waals surface area contributed by atoms with Crippen LogP contribution in [0.4, 0.5) is 4.79 Å². The number of rotatable bonds is 6. The number of fused-ring (bicyclic) bond motifs is 3. The van der Waals surface area contributed by atoms with Crippen LogP contribution in [0.5, 0.6) is 5.75 Å². The van der Waals surface area contributed by atoms with E-state index in [1.807, 2.05) is 76.2 Å². The van der Waals surface area contributed by atoms with Crippen molar-refractivity contribution in [3.63, 3.8) is 0 Å². The van der Waals surface area contributed by atoms with E-state index in [4.69, 9.17) is 14.2 Å². The van der Waals surface area contributed by atoms with Crippen LogP contribution in [-0.2, 0) is 20.9 Å². The molecule has 188 valence electrons. The Morgan fingerprint density at radius 1 is 1.20 bits per heavy atom. The van der Waals surface area contributed by atoms with Crippen molar-refractivity contribution < 1.29 is 28.9 Å². The van der Waals surface area contributed by atoms with E-state index in [-0.39, 0.29) is 24.5 Å². The second kappa shape index (κ2) is 10.2. The van der Waals surface area contributed by atoms with Gasteiger partial charge in [0.1, 0.15) is 18.0 Å². The van der Waals surface area contributed by atoms with Crippen molar-refractivity contribution in [2.45, 2.75) is 64.6 Å². The summed E-state index contributed by atoms with van der Waals surface area (Å²) in [7, 11) is 0. The van der Waals surface area contributed by atoms with E-state index in [2.05, 4.69) is 21.2 Å². The van der Waals surface area contributed by atoms with Crippen molar-refractivity contribution in [2.24, 2.45) is 17.8 Å². The third-order valence-electron chi connectivity index (χ3n) is 7.00. The SMILES string of the molecule is CC(C)[C@H](NC(=O)OCc1ccccc1)[C@H]1O[C@H]2c3cc(Br)ccc3OC(C)(C)[C@@H]2C[C@@H]1C(=O)O. The second-order valence-corrected chi connectivity index (χ2v) is 11.1. The van der Waals surface area contributed by atoms with E-state index >= 15 is 0 Å². The number of hydrogen-bond donors (Lipinski definition) is 2. The van der Waals surface area contributed by atoms with Crippen LogP contribution < -0.4 is 10.1 Å². The van der Waals surface area contributed by atoms with Crippen LogP contribution in [0.2, 0.25) is 0 Å². The molecule has 0 aliphatic carbocycles. The Morgan fingerprint density at radius 2 is 1.91 bits per heavy atom. The van der Waals surface area contributed by atoms with Gasteiger partial charge in [0.15, 0.2) is 0 Å². The Kier molecular flexibility index (Phi) is 7.43. The Bertz CT molecular complexity index is 1070. The number of hydrogen-bond acceptors (Lipinski definition) is 5. The maximum absolute atomic E-state index is 12.7. The molecule has 2 aliphatic heterocycles. The largest absolute Gasteiger partial charge is 0.487 e. The van der Waals surface area contributed by atoms with Crippen LogP contribution in [0.1, 0.15) is 51.3 Å². The number of carboxylic acid groups (broad SMARTS) is 1. The third-order valence-corrected chi connectivity index (χ3v) is 7.50.